The molecule has 1 aliphatic rings. The second-order valence-corrected chi connectivity index (χ2v) is 5.70. The second kappa shape index (κ2) is 5.53. The predicted octanol–water partition coefficient (Wildman–Crippen LogP) is 2.40. The molecule has 20 heavy (non-hydrogen) atoms. The van der Waals surface area contributed by atoms with E-state index in [1.165, 1.54) is 0 Å². The Morgan fingerprint density at radius 2 is 1.95 bits per heavy atom. The molecular formula is C15H20N2O3. The molecule has 0 aromatic heterocycles. The highest BCUT2D eigenvalue weighted by Gasteiger charge is 2.37. The van der Waals surface area contributed by atoms with Crippen LogP contribution < -0.4 is 5.32 Å². The quantitative estimate of drug-likeness (QED) is 0.890. The Hall–Kier alpha value is -2.04. The molecule has 1 heterocycles. The van der Waals surface area contributed by atoms with Crippen molar-refractivity contribution in [2.24, 2.45) is 0 Å². The van der Waals surface area contributed by atoms with Crippen LogP contribution in [-0.2, 0) is 4.79 Å². The van der Waals surface area contributed by atoms with Crippen LogP contribution in [0, 0.1) is 0 Å². The van der Waals surface area contributed by atoms with Crippen LogP contribution in [0.3, 0.4) is 0 Å². The fraction of sp³-hybridized carbons (Fsp3) is 0.467. The summed E-state index contributed by atoms with van der Waals surface area (Å²) in [6.07, 6.45) is 1.88. The first-order valence-corrected chi connectivity index (χ1v) is 6.78. The van der Waals surface area contributed by atoms with E-state index in [1.807, 2.05) is 19.9 Å². The minimum Gasteiger partial charge on any atom is -0.479 e. The van der Waals surface area contributed by atoms with Crippen LogP contribution in [0.5, 0.6) is 0 Å². The molecule has 0 spiro atoms. The van der Waals surface area contributed by atoms with E-state index in [1.54, 1.807) is 29.2 Å². The molecule has 2 rings (SSSR count). The van der Waals surface area contributed by atoms with Gasteiger partial charge in [0.1, 0.15) is 0 Å². The average molecular weight is 276 g/mol. The van der Waals surface area contributed by atoms with Crippen molar-refractivity contribution in [2.45, 2.75) is 38.3 Å². The molecule has 1 atom stereocenters. The van der Waals surface area contributed by atoms with Crippen molar-refractivity contribution >= 4 is 12.0 Å². The van der Waals surface area contributed by atoms with E-state index in [9.17, 15) is 14.7 Å². The van der Waals surface area contributed by atoms with Gasteiger partial charge < -0.3 is 15.3 Å². The van der Waals surface area contributed by atoms with Crippen LogP contribution in [0.15, 0.2) is 30.3 Å². The molecule has 108 valence electrons. The summed E-state index contributed by atoms with van der Waals surface area (Å²) in [4.78, 5) is 25.4. The van der Waals surface area contributed by atoms with Crippen LogP contribution in [-0.4, -0.2) is 34.1 Å². The SMILES string of the molecule is CC1(C)CCCN1C(=O)NC(C(=O)O)c1ccccc1. The average Bonchev–Trinajstić information content (AvgIpc) is 2.76. The smallest absolute Gasteiger partial charge is 0.330 e. The standard InChI is InChI=1S/C15H20N2O3/c1-15(2)9-6-10-17(15)14(20)16-12(13(18)19)11-7-4-3-5-8-11/h3-5,7-8,12H,6,9-10H2,1-2H3,(H,16,20)(H,18,19). The molecule has 0 radical (unpaired) electrons. The molecule has 1 unspecified atom stereocenters. The fourth-order valence-corrected chi connectivity index (χ4v) is 2.62. The van der Waals surface area contributed by atoms with Crippen LogP contribution in [0.1, 0.15) is 38.3 Å². The number of carbonyl (C=O) groups excluding carboxylic acids is 1. The number of hydrogen-bond acceptors (Lipinski definition) is 2. The van der Waals surface area contributed by atoms with E-state index < -0.39 is 12.0 Å². The number of likely N-dealkylation sites (tertiary alicyclic amines) is 1. The highest BCUT2D eigenvalue weighted by Crippen LogP contribution is 2.28. The van der Waals surface area contributed by atoms with Crippen LogP contribution in [0.2, 0.25) is 0 Å². The lowest BCUT2D eigenvalue weighted by Gasteiger charge is -2.32. The number of nitrogens with zero attached hydrogens (tertiary/aromatic N) is 1. The molecular weight excluding hydrogens is 256 g/mol. The van der Waals surface area contributed by atoms with E-state index >= 15 is 0 Å². The number of carboxylic acids is 1. The Bertz CT molecular complexity index is 499. The number of nitrogens with one attached hydrogen (secondary N) is 1. The Morgan fingerprint density at radius 1 is 1.30 bits per heavy atom. The molecule has 1 saturated heterocycles. The van der Waals surface area contributed by atoms with Gasteiger partial charge in [0.2, 0.25) is 0 Å². The van der Waals surface area contributed by atoms with E-state index in [0.29, 0.717) is 12.1 Å². The van der Waals surface area contributed by atoms with Gasteiger partial charge >= 0.3 is 12.0 Å². The third kappa shape index (κ3) is 2.92. The van der Waals surface area contributed by atoms with Crippen molar-refractivity contribution in [2.75, 3.05) is 6.54 Å². The zero-order chi connectivity index (χ0) is 14.8. The minimum absolute atomic E-state index is 0.218. The largest absolute Gasteiger partial charge is 0.479 e. The minimum atomic E-state index is -1.05. The van der Waals surface area contributed by atoms with Gasteiger partial charge in [-0.25, -0.2) is 9.59 Å². The van der Waals surface area contributed by atoms with Gasteiger partial charge in [-0.2, -0.15) is 0 Å². The van der Waals surface area contributed by atoms with Crippen LogP contribution >= 0.6 is 0 Å². The first-order valence-electron chi connectivity index (χ1n) is 6.78. The van der Waals surface area contributed by atoms with Gasteiger partial charge in [-0.05, 0) is 32.3 Å². The highest BCUT2D eigenvalue weighted by atomic mass is 16.4. The van der Waals surface area contributed by atoms with Crippen LogP contribution in [0.4, 0.5) is 4.79 Å². The molecule has 2 amide bonds. The molecule has 1 fully saturated rings. The van der Waals surface area contributed by atoms with Crippen molar-refractivity contribution < 1.29 is 14.7 Å². The number of amides is 2. The van der Waals surface area contributed by atoms with E-state index in [4.69, 9.17) is 0 Å². The maximum Gasteiger partial charge on any atom is 0.330 e. The second-order valence-electron chi connectivity index (χ2n) is 5.70. The molecule has 1 aliphatic heterocycles. The molecule has 1 aromatic carbocycles. The molecule has 5 nitrogen and oxygen atoms in total. The van der Waals surface area contributed by atoms with Crippen molar-refractivity contribution in [1.29, 1.82) is 0 Å². The third-order valence-corrected chi connectivity index (χ3v) is 3.79. The number of urea groups is 1. The lowest BCUT2D eigenvalue weighted by molar-refractivity contribution is -0.139. The number of rotatable bonds is 3. The van der Waals surface area contributed by atoms with Gasteiger partial charge in [-0.1, -0.05) is 30.3 Å². The summed E-state index contributed by atoms with van der Waals surface area (Å²) >= 11 is 0. The first kappa shape index (κ1) is 14.4. The van der Waals surface area contributed by atoms with Crippen molar-refractivity contribution in [3.8, 4) is 0 Å². The van der Waals surface area contributed by atoms with E-state index in [-0.39, 0.29) is 11.6 Å². The van der Waals surface area contributed by atoms with Crippen LogP contribution in [0.25, 0.3) is 0 Å². The maximum absolute atomic E-state index is 12.3. The van der Waals surface area contributed by atoms with E-state index in [0.717, 1.165) is 12.8 Å². The van der Waals surface area contributed by atoms with Crippen molar-refractivity contribution in [1.82, 2.24) is 10.2 Å². The first-order chi connectivity index (χ1) is 9.42. The van der Waals surface area contributed by atoms with Gasteiger partial charge in [0.05, 0.1) is 0 Å². The van der Waals surface area contributed by atoms with E-state index in [2.05, 4.69) is 5.32 Å². The molecule has 1 aromatic rings. The third-order valence-electron chi connectivity index (χ3n) is 3.79. The summed E-state index contributed by atoms with van der Waals surface area (Å²) < 4.78 is 0. The molecule has 0 aliphatic carbocycles. The summed E-state index contributed by atoms with van der Waals surface area (Å²) in [5.41, 5.74) is 0.356. The normalized spacial score (nSPS) is 18.6. The molecule has 2 N–H and O–H groups in total. The van der Waals surface area contributed by atoms with Gasteiger partial charge in [-0.3, -0.25) is 0 Å². The zero-order valence-corrected chi connectivity index (χ0v) is 11.8. The lowest BCUT2D eigenvalue weighted by Crippen LogP contribution is -2.49. The predicted molar refractivity (Wildman–Crippen MR) is 75.4 cm³/mol. The van der Waals surface area contributed by atoms with Crippen molar-refractivity contribution in [3.63, 3.8) is 0 Å². The monoisotopic (exact) mass is 276 g/mol. The summed E-state index contributed by atoms with van der Waals surface area (Å²) in [6, 6.07) is 7.41. The van der Waals surface area contributed by atoms with Gasteiger partial charge in [0, 0.05) is 12.1 Å². The molecule has 0 saturated carbocycles. The number of hydrogen-bond donors (Lipinski definition) is 2. The lowest BCUT2D eigenvalue weighted by atomic mass is 10.0. The Balaban J connectivity index is 2.13. The topological polar surface area (TPSA) is 69.6 Å². The number of aliphatic carboxylic acids is 1. The summed E-state index contributed by atoms with van der Waals surface area (Å²) in [5.74, 6) is -1.05. The summed E-state index contributed by atoms with van der Waals surface area (Å²) in [6.45, 7) is 4.66. The number of carbonyl (C=O) groups is 2. The number of carboxylic acid groups (broad SMARTS) is 1. The summed E-state index contributed by atoms with van der Waals surface area (Å²) in [5, 5.41) is 11.9. The summed E-state index contributed by atoms with van der Waals surface area (Å²) in [7, 11) is 0. The molecule has 5 heteroatoms. The zero-order valence-electron chi connectivity index (χ0n) is 11.8. The maximum atomic E-state index is 12.3. The Kier molecular flexibility index (Phi) is 3.97. The molecule has 0 bridgehead atoms. The Labute approximate surface area is 118 Å². The van der Waals surface area contributed by atoms with Gasteiger partial charge in [0.15, 0.2) is 6.04 Å². The van der Waals surface area contributed by atoms with Gasteiger partial charge in [0.25, 0.3) is 0 Å². The highest BCUT2D eigenvalue weighted by molar-refractivity contribution is 5.84. The van der Waals surface area contributed by atoms with Crippen molar-refractivity contribution in [3.05, 3.63) is 35.9 Å². The fourth-order valence-electron chi connectivity index (χ4n) is 2.62. The van der Waals surface area contributed by atoms with Gasteiger partial charge in [-0.15, -0.1) is 0 Å². The number of benzene rings is 1. The Morgan fingerprint density at radius 3 is 2.45 bits per heavy atom.